The summed E-state index contributed by atoms with van der Waals surface area (Å²) in [6, 6.07) is 17.1. The molecule has 14 rings (SSSR count). The summed E-state index contributed by atoms with van der Waals surface area (Å²) < 4.78 is 64.1. The van der Waals surface area contributed by atoms with Crippen LogP contribution in [-0.2, 0) is 82.9 Å². The summed E-state index contributed by atoms with van der Waals surface area (Å²) in [6.45, 7) is 35.3. The average Bonchev–Trinajstić information content (AvgIpc) is 2.10. The molecule has 0 saturated heterocycles. The number of sulfone groups is 1. The summed E-state index contributed by atoms with van der Waals surface area (Å²) >= 11 is 8.67. The smallest absolute Gasteiger partial charge is 0.414 e. The molecule has 7 aromatic rings. The second-order valence-electron chi connectivity index (χ2n) is 27.4. The lowest BCUT2D eigenvalue weighted by Gasteiger charge is -2.20. The lowest BCUT2D eigenvalue weighted by Crippen LogP contribution is -2.33. The van der Waals surface area contributed by atoms with E-state index in [9.17, 15) is 35.4 Å². The van der Waals surface area contributed by atoms with Gasteiger partial charge in [0.15, 0.2) is 9.84 Å². The molecule has 14 heterocycles. The molecule has 88 heavy (non-hydrogen) atoms. The van der Waals surface area contributed by atoms with Crippen molar-refractivity contribution in [1.82, 2.24) is 9.97 Å². The standard InChI is InChI=1S/C10H13NO2S.C10H13NOS.C9H13NO2S2.C9H11NO2S.2C9H11NOS.C8H11NS/c1-10(2)6-11(9(12)13-3)7-4-5-14-8(7)10;1-7(12)11-6-10(2,3)9-8(11)4-5-13-9;1-9(2)6-10(14(3,11)12)7-4-5-13-8(7)9;1-9(2)6-13(11,12)7-4-3-5-10-8(7)9;1-9(2)5-10(6-11)7-3-4-12-8(7)9;1-9(2)6-12(11)7-4-3-5-10-8(7)9;1-8(2)5-9-6-3-4-10-7(6)8/h4-5H,6H2,1-3H3;4-5H,6H2,1-3H3;4-5H,6H2,1-3H3;3-5H,6H2,1-2H3;3-4,6H,5H2,1-2H3;3-5H,6H2,1-2H3;3-4,9H,5H2,1-2H3. The summed E-state index contributed by atoms with van der Waals surface area (Å²) in [6.07, 6.45) is 5.32. The minimum absolute atomic E-state index is 0.0124. The third-order valence-corrected chi connectivity index (χ3v) is 27.5. The molecule has 3 amide bonds. The highest BCUT2D eigenvalue weighted by molar-refractivity contribution is 7.92. The average molecular weight is 1350 g/mol. The number of nitrogens with one attached hydrogen (secondary N) is 1. The maximum atomic E-state index is 11.6. The molecule has 0 radical (unpaired) electrons. The zero-order chi connectivity index (χ0) is 65.0. The van der Waals surface area contributed by atoms with E-state index < -0.39 is 30.7 Å². The normalized spacial score (nSPS) is 20.5. The van der Waals surface area contributed by atoms with Crippen molar-refractivity contribution < 1.29 is 40.2 Å². The van der Waals surface area contributed by atoms with Crippen molar-refractivity contribution in [3.05, 3.63) is 130 Å². The molecule has 0 fully saturated rings. The van der Waals surface area contributed by atoms with Gasteiger partial charge in [0.05, 0.1) is 73.8 Å². The number of hydrogen-bond donors (Lipinski definition) is 1. The van der Waals surface area contributed by atoms with Gasteiger partial charge in [-0.25, -0.2) is 21.6 Å². The van der Waals surface area contributed by atoms with Crippen LogP contribution < -0.4 is 24.3 Å². The number of rotatable bonds is 2. The summed E-state index contributed by atoms with van der Waals surface area (Å²) in [5.74, 6) is 1.02. The summed E-state index contributed by atoms with van der Waals surface area (Å²) in [4.78, 5) is 55.2. The zero-order valence-electron chi connectivity index (χ0n) is 53.4. The van der Waals surface area contributed by atoms with Gasteiger partial charge >= 0.3 is 6.09 Å². The number of methoxy groups -OCH3 is 1. The van der Waals surface area contributed by atoms with E-state index in [0.29, 0.717) is 34.8 Å². The van der Waals surface area contributed by atoms with Gasteiger partial charge in [-0.3, -0.25) is 33.0 Å². The third kappa shape index (κ3) is 14.2. The van der Waals surface area contributed by atoms with E-state index in [0.717, 1.165) is 59.4 Å². The molecule has 1 atom stereocenters. The number of carbonyl (C=O) groups is 3. The number of anilines is 5. The minimum atomic E-state index is -3.12. The van der Waals surface area contributed by atoms with Crippen LogP contribution in [0, 0.1) is 0 Å². The van der Waals surface area contributed by atoms with Gasteiger partial charge in [0.2, 0.25) is 22.3 Å². The van der Waals surface area contributed by atoms with Crippen LogP contribution in [0.5, 0.6) is 0 Å². The van der Waals surface area contributed by atoms with E-state index >= 15 is 0 Å². The van der Waals surface area contributed by atoms with E-state index in [1.54, 1.807) is 86.6 Å². The van der Waals surface area contributed by atoms with E-state index in [2.05, 4.69) is 115 Å². The lowest BCUT2D eigenvalue weighted by atomic mass is 9.92. The highest BCUT2D eigenvalue weighted by Crippen LogP contribution is 2.48. The van der Waals surface area contributed by atoms with Gasteiger partial charge in [0, 0.05) is 126 Å². The van der Waals surface area contributed by atoms with Gasteiger partial charge < -0.3 is 19.9 Å². The number of fused-ring (bicyclic) bond motifs is 7. The largest absolute Gasteiger partial charge is 0.452 e. The van der Waals surface area contributed by atoms with E-state index in [1.165, 1.54) is 47.7 Å². The first-order chi connectivity index (χ1) is 40.8. The minimum Gasteiger partial charge on any atom is -0.452 e. The Morgan fingerprint density at radius 3 is 1.59 bits per heavy atom. The fraction of sp³-hybridized carbons (Fsp3) is 0.484. The molecule has 7 aliphatic heterocycles. The van der Waals surface area contributed by atoms with Crippen molar-refractivity contribution in [3.63, 3.8) is 0 Å². The van der Waals surface area contributed by atoms with Gasteiger partial charge in [-0.2, -0.15) is 0 Å². The Hall–Kier alpha value is -5.34. The molecule has 16 nitrogen and oxygen atoms in total. The van der Waals surface area contributed by atoms with Crippen LogP contribution in [0.1, 0.15) is 140 Å². The van der Waals surface area contributed by atoms with Crippen molar-refractivity contribution in [3.8, 4) is 0 Å². The van der Waals surface area contributed by atoms with Crippen LogP contribution in [0.2, 0.25) is 0 Å². The van der Waals surface area contributed by atoms with Crippen molar-refractivity contribution >= 4 is 134 Å². The zero-order valence-corrected chi connectivity index (χ0v) is 59.9. The number of hydrogen-bond acceptors (Lipinski definition) is 17. The number of thiophene rings is 5. The van der Waals surface area contributed by atoms with Gasteiger partial charge in [0.25, 0.3) is 0 Å². The Morgan fingerprint density at radius 2 is 1.07 bits per heavy atom. The number of aromatic nitrogens is 2. The number of carbonyl (C=O) groups excluding carboxylic acids is 3. The van der Waals surface area contributed by atoms with Crippen molar-refractivity contribution in [2.75, 3.05) is 81.9 Å². The third-order valence-electron chi connectivity index (χ3n) is 16.2. The number of ether oxygens (including phenoxy) is 1. The Balaban J connectivity index is 0.000000133. The predicted molar refractivity (Wildman–Crippen MR) is 366 cm³/mol. The molecule has 476 valence electrons. The molecule has 0 saturated carbocycles. The molecule has 0 bridgehead atoms. The molecule has 0 aromatic carbocycles. The molecule has 0 aliphatic carbocycles. The van der Waals surface area contributed by atoms with Crippen LogP contribution in [-0.4, -0.2) is 107 Å². The lowest BCUT2D eigenvalue weighted by molar-refractivity contribution is -0.116. The molecule has 1 N–H and O–H groups in total. The molecule has 0 spiro atoms. The van der Waals surface area contributed by atoms with Crippen molar-refractivity contribution in [2.24, 2.45) is 0 Å². The number of sulfonamides is 1. The predicted octanol–water partition coefficient (Wildman–Crippen LogP) is 13.9. The molecule has 24 heteroatoms. The quantitative estimate of drug-likeness (QED) is 0.161. The Labute approximate surface area is 543 Å². The van der Waals surface area contributed by atoms with Gasteiger partial charge in [-0.1, -0.05) is 96.9 Å². The van der Waals surface area contributed by atoms with Gasteiger partial charge in [-0.05, 0) is 81.5 Å². The molecular formula is C64H83N7O9S8. The molecule has 7 aromatic heterocycles. The highest BCUT2D eigenvalue weighted by Gasteiger charge is 2.44. The summed E-state index contributed by atoms with van der Waals surface area (Å²) in [5.41, 5.74) is 7.43. The maximum absolute atomic E-state index is 11.6. The maximum Gasteiger partial charge on any atom is 0.414 e. The Bertz CT molecular complexity index is 3960. The Morgan fingerprint density at radius 1 is 0.602 bits per heavy atom. The number of nitrogens with zero attached hydrogens (tertiary/aromatic N) is 6. The second kappa shape index (κ2) is 25.4. The van der Waals surface area contributed by atoms with E-state index in [1.807, 2.05) is 82.6 Å². The Kier molecular flexibility index (Phi) is 19.8. The van der Waals surface area contributed by atoms with Crippen LogP contribution in [0.15, 0.2) is 104 Å². The van der Waals surface area contributed by atoms with Crippen LogP contribution in [0.4, 0.5) is 33.2 Å². The first-order valence-corrected chi connectivity index (χ1v) is 38.0. The van der Waals surface area contributed by atoms with Crippen molar-refractivity contribution in [2.45, 2.75) is 152 Å². The van der Waals surface area contributed by atoms with E-state index in [4.69, 9.17) is 4.74 Å². The fourth-order valence-corrected chi connectivity index (χ4v) is 22.0. The van der Waals surface area contributed by atoms with Gasteiger partial charge in [-0.15, -0.1) is 56.7 Å². The molecular weight excluding hydrogens is 1270 g/mol. The van der Waals surface area contributed by atoms with Crippen LogP contribution in [0.25, 0.3) is 0 Å². The summed E-state index contributed by atoms with van der Waals surface area (Å²) in [7, 11) is -5.61. The first-order valence-electron chi connectivity index (χ1n) is 28.8. The molecule has 1 unspecified atom stereocenters. The SMILES string of the molecule is CC(=O)N1CC(C)(C)c2sccc21.CC1(C)CN(C=O)c2ccsc21.CC1(C)CN(S(C)(=O)=O)c2ccsc21.CC1(C)CNc2ccsc21.CC1(C)CS(=O)(=O)c2cccnc21.CC1(C)CS(=O)c2cccnc21.COC(=O)N1CC(C)(C)c2sccc21. The van der Waals surface area contributed by atoms with E-state index in [-0.39, 0.29) is 50.2 Å². The fourth-order valence-electron chi connectivity index (χ4n) is 11.9. The molecule has 7 aliphatic rings. The van der Waals surface area contributed by atoms with Crippen LogP contribution in [0.3, 0.4) is 0 Å². The second-order valence-corrected chi connectivity index (χ2v) is 37.2. The monoisotopic (exact) mass is 1350 g/mol. The topological polar surface area (TPSA) is 197 Å². The van der Waals surface area contributed by atoms with Crippen LogP contribution >= 0.6 is 56.7 Å². The van der Waals surface area contributed by atoms with Crippen molar-refractivity contribution in [1.29, 1.82) is 0 Å². The summed E-state index contributed by atoms with van der Waals surface area (Å²) in [5, 5.41) is 13.6. The first kappa shape index (κ1) is 68.6. The van der Waals surface area contributed by atoms with Gasteiger partial charge in [0.1, 0.15) is 0 Å². The number of pyridine rings is 2. The number of amides is 3. The highest BCUT2D eigenvalue weighted by atomic mass is 32.2.